The van der Waals surface area contributed by atoms with Crippen molar-refractivity contribution >= 4 is 17.6 Å². The Labute approximate surface area is 140 Å². The molecular formula is C18H19N2O4-. The van der Waals surface area contributed by atoms with E-state index in [0.717, 1.165) is 5.56 Å². The van der Waals surface area contributed by atoms with Crippen LogP contribution in [0.15, 0.2) is 30.4 Å². The number of anilines is 1. The highest BCUT2D eigenvalue weighted by atomic mass is 16.5. The van der Waals surface area contributed by atoms with Crippen molar-refractivity contribution in [2.75, 3.05) is 31.6 Å². The van der Waals surface area contributed by atoms with Crippen LogP contribution in [0.4, 0.5) is 5.69 Å². The van der Waals surface area contributed by atoms with E-state index in [-0.39, 0.29) is 17.7 Å². The van der Waals surface area contributed by atoms with E-state index in [0.29, 0.717) is 44.0 Å². The monoisotopic (exact) mass is 327 g/mol. The standard InChI is InChI=1S/C18H20N2O4/c21-17(20-7-9-24-10-8-20)14-6-2-4-12-11-3-1-5-13(11)16(18(22)23)19-15(12)14/h1-4,6,11,13,16,19H,5,7-10H2,(H,22,23)/p-1/t11-,13+,16+/m1/s1. The number of hydrogen-bond acceptors (Lipinski definition) is 5. The fraction of sp³-hybridized carbons (Fsp3) is 0.444. The number of allylic oxidation sites excluding steroid dienone is 2. The third kappa shape index (κ3) is 2.38. The molecule has 126 valence electrons. The minimum absolute atomic E-state index is 0.0154. The zero-order chi connectivity index (χ0) is 16.7. The Kier molecular flexibility index (Phi) is 3.76. The lowest BCUT2D eigenvalue weighted by Gasteiger charge is -2.39. The summed E-state index contributed by atoms with van der Waals surface area (Å²) in [5.41, 5.74) is 2.15. The van der Waals surface area contributed by atoms with Gasteiger partial charge in [-0.15, -0.1) is 0 Å². The predicted molar refractivity (Wildman–Crippen MR) is 85.6 cm³/mol. The van der Waals surface area contributed by atoms with Gasteiger partial charge in [0.15, 0.2) is 0 Å². The van der Waals surface area contributed by atoms with Gasteiger partial charge in [-0.05, 0) is 24.0 Å². The molecule has 1 aliphatic carbocycles. The molecule has 1 saturated heterocycles. The number of ether oxygens (including phenoxy) is 1. The number of carboxylic acids is 1. The lowest BCUT2D eigenvalue weighted by atomic mass is 9.78. The Morgan fingerprint density at radius 1 is 1.25 bits per heavy atom. The van der Waals surface area contributed by atoms with E-state index in [1.807, 2.05) is 24.3 Å². The highest BCUT2D eigenvalue weighted by Gasteiger charge is 2.39. The van der Waals surface area contributed by atoms with Crippen LogP contribution in [-0.2, 0) is 9.53 Å². The van der Waals surface area contributed by atoms with Crippen LogP contribution in [0.5, 0.6) is 0 Å². The average molecular weight is 327 g/mol. The van der Waals surface area contributed by atoms with E-state index in [4.69, 9.17) is 4.74 Å². The van der Waals surface area contributed by atoms with Crippen LogP contribution >= 0.6 is 0 Å². The SMILES string of the molecule is O=C([O-])[C@H]1Nc2c(C(=O)N3CCOCC3)cccc2[C@H]2C=CC[C@H]12. The number of carboxylic acid groups (broad SMARTS) is 1. The Balaban J connectivity index is 1.73. The van der Waals surface area contributed by atoms with E-state index < -0.39 is 12.0 Å². The molecule has 0 unspecified atom stereocenters. The summed E-state index contributed by atoms with van der Waals surface area (Å²) >= 11 is 0. The van der Waals surface area contributed by atoms with Crippen LogP contribution in [0.25, 0.3) is 0 Å². The molecule has 2 aliphatic heterocycles. The molecule has 1 aromatic rings. The molecule has 0 radical (unpaired) electrons. The molecule has 0 saturated carbocycles. The maximum atomic E-state index is 12.9. The van der Waals surface area contributed by atoms with E-state index in [9.17, 15) is 14.7 Å². The second-order valence-corrected chi connectivity index (χ2v) is 6.47. The minimum atomic E-state index is -1.12. The summed E-state index contributed by atoms with van der Waals surface area (Å²) < 4.78 is 5.30. The number of fused-ring (bicyclic) bond motifs is 3. The quantitative estimate of drug-likeness (QED) is 0.793. The summed E-state index contributed by atoms with van der Waals surface area (Å²) in [6, 6.07) is 4.82. The lowest BCUT2D eigenvalue weighted by molar-refractivity contribution is -0.308. The first kappa shape index (κ1) is 15.2. The summed E-state index contributed by atoms with van der Waals surface area (Å²) in [5.74, 6) is -1.24. The van der Waals surface area contributed by atoms with Gasteiger partial charge in [0.05, 0.1) is 36.5 Å². The van der Waals surface area contributed by atoms with Crippen LogP contribution in [0.1, 0.15) is 28.3 Å². The first-order chi connectivity index (χ1) is 11.7. The smallest absolute Gasteiger partial charge is 0.256 e. The van der Waals surface area contributed by atoms with Crippen LogP contribution in [-0.4, -0.2) is 49.1 Å². The van der Waals surface area contributed by atoms with Crippen molar-refractivity contribution in [2.45, 2.75) is 18.4 Å². The molecule has 1 N–H and O–H groups in total. The summed E-state index contributed by atoms with van der Waals surface area (Å²) in [7, 11) is 0. The van der Waals surface area contributed by atoms with Gasteiger partial charge in [-0.2, -0.15) is 0 Å². The maximum Gasteiger partial charge on any atom is 0.256 e. The van der Waals surface area contributed by atoms with Gasteiger partial charge in [0.2, 0.25) is 0 Å². The normalized spacial score (nSPS) is 28.0. The van der Waals surface area contributed by atoms with E-state index >= 15 is 0 Å². The first-order valence-electron chi connectivity index (χ1n) is 8.31. The molecule has 1 fully saturated rings. The second kappa shape index (κ2) is 5.94. The third-order valence-corrected chi connectivity index (χ3v) is 5.18. The molecule has 1 aromatic carbocycles. The largest absolute Gasteiger partial charge is 0.548 e. The van der Waals surface area contributed by atoms with Crippen LogP contribution in [0.3, 0.4) is 0 Å². The van der Waals surface area contributed by atoms with Gasteiger partial charge in [-0.1, -0.05) is 24.3 Å². The van der Waals surface area contributed by atoms with Crippen molar-refractivity contribution in [3.8, 4) is 0 Å². The fourth-order valence-corrected chi connectivity index (χ4v) is 3.97. The average Bonchev–Trinajstić information content (AvgIpc) is 3.10. The number of aliphatic carboxylic acids is 1. The molecule has 24 heavy (non-hydrogen) atoms. The third-order valence-electron chi connectivity index (χ3n) is 5.18. The Morgan fingerprint density at radius 3 is 2.79 bits per heavy atom. The van der Waals surface area contributed by atoms with Crippen molar-refractivity contribution in [2.24, 2.45) is 5.92 Å². The second-order valence-electron chi connectivity index (χ2n) is 6.47. The van der Waals surface area contributed by atoms with Crippen molar-refractivity contribution in [1.29, 1.82) is 0 Å². The molecule has 0 spiro atoms. The van der Waals surface area contributed by atoms with Crippen molar-refractivity contribution in [3.63, 3.8) is 0 Å². The summed E-state index contributed by atoms with van der Waals surface area (Å²) in [4.78, 5) is 26.2. The Bertz CT molecular complexity index is 709. The van der Waals surface area contributed by atoms with Crippen molar-refractivity contribution in [3.05, 3.63) is 41.5 Å². The van der Waals surface area contributed by atoms with E-state index in [1.54, 1.807) is 11.0 Å². The number of morpholine rings is 1. The number of para-hydroxylation sites is 1. The highest BCUT2D eigenvalue weighted by molar-refractivity contribution is 6.01. The van der Waals surface area contributed by atoms with Crippen LogP contribution < -0.4 is 10.4 Å². The molecule has 3 aliphatic rings. The first-order valence-corrected chi connectivity index (χ1v) is 8.31. The molecule has 6 nitrogen and oxygen atoms in total. The molecule has 3 atom stereocenters. The van der Waals surface area contributed by atoms with Gasteiger partial charge >= 0.3 is 0 Å². The zero-order valence-electron chi connectivity index (χ0n) is 13.2. The number of benzene rings is 1. The van der Waals surface area contributed by atoms with Gasteiger partial charge in [0, 0.05) is 19.0 Å². The lowest BCUT2D eigenvalue weighted by Crippen LogP contribution is -2.49. The summed E-state index contributed by atoms with van der Waals surface area (Å²) in [5, 5.41) is 14.7. The Hall–Kier alpha value is -2.34. The molecule has 0 bridgehead atoms. The van der Waals surface area contributed by atoms with E-state index in [1.165, 1.54) is 0 Å². The summed E-state index contributed by atoms with van der Waals surface area (Å²) in [6.07, 6.45) is 4.76. The van der Waals surface area contributed by atoms with Crippen molar-refractivity contribution in [1.82, 2.24) is 4.90 Å². The molecule has 1 amide bonds. The molecular weight excluding hydrogens is 308 g/mol. The maximum absolute atomic E-state index is 12.9. The molecule has 6 heteroatoms. The van der Waals surface area contributed by atoms with Gasteiger partial charge < -0.3 is 24.9 Å². The van der Waals surface area contributed by atoms with E-state index in [2.05, 4.69) is 5.32 Å². The highest BCUT2D eigenvalue weighted by Crippen LogP contribution is 2.45. The predicted octanol–water partition coefficient (Wildman–Crippen LogP) is 0.363. The van der Waals surface area contributed by atoms with Gasteiger partial charge in [-0.25, -0.2) is 0 Å². The number of carbonyl (C=O) groups excluding carboxylic acids is 2. The van der Waals surface area contributed by atoms with Gasteiger partial charge in [-0.3, -0.25) is 4.79 Å². The van der Waals surface area contributed by atoms with Crippen LogP contribution in [0.2, 0.25) is 0 Å². The molecule has 0 aromatic heterocycles. The van der Waals surface area contributed by atoms with Crippen LogP contribution in [0, 0.1) is 5.92 Å². The number of carbonyl (C=O) groups is 2. The zero-order valence-corrected chi connectivity index (χ0v) is 13.2. The topological polar surface area (TPSA) is 81.7 Å². The Morgan fingerprint density at radius 2 is 2.04 bits per heavy atom. The minimum Gasteiger partial charge on any atom is -0.548 e. The molecule has 4 rings (SSSR count). The number of nitrogens with zero attached hydrogens (tertiary/aromatic N) is 1. The van der Waals surface area contributed by atoms with Crippen molar-refractivity contribution < 1.29 is 19.4 Å². The number of hydrogen-bond donors (Lipinski definition) is 1. The fourth-order valence-electron chi connectivity index (χ4n) is 3.97. The number of amides is 1. The van der Waals surface area contributed by atoms with Gasteiger partial charge in [0.25, 0.3) is 5.91 Å². The number of nitrogens with one attached hydrogen (secondary N) is 1. The molecule has 2 heterocycles. The summed E-state index contributed by atoms with van der Waals surface area (Å²) in [6.45, 7) is 2.17. The van der Waals surface area contributed by atoms with Gasteiger partial charge in [0.1, 0.15) is 0 Å². The number of rotatable bonds is 2.